The van der Waals surface area contributed by atoms with E-state index in [1.807, 2.05) is 55.4 Å². The Morgan fingerprint density at radius 1 is 0.739 bits per heavy atom. The van der Waals surface area contributed by atoms with Crippen LogP contribution in [0.2, 0.25) is 5.72 Å². The minimum absolute atomic E-state index is 0.142. The summed E-state index contributed by atoms with van der Waals surface area (Å²) in [5.74, 6) is 0. The Morgan fingerprint density at radius 3 is 1.30 bits per heavy atom. The molecular weight excluding hydrogens is 292 g/mol. The van der Waals surface area contributed by atoms with Gasteiger partial charge in [0.1, 0.15) is 0 Å². The number of hydrogen-bond acceptors (Lipinski definition) is 5. The summed E-state index contributed by atoms with van der Waals surface area (Å²) in [6.45, 7) is 16.2. The van der Waals surface area contributed by atoms with Crippen molar-refractivity contribution >= 4 is 14.2 Å². The van der Waals surface area contributed by atoms with E-state index in [-0.39, 0.29) is 5.72 Å². The second-order valence-corrected chi connectivity index (χ2v) is 8.61. The molecule has 0 amide bonds. The Kier molecular flexibility index (Phi) is 4.71. The fraction of sp³-hybridized carbons (Fsp3) is 0.938. The van der Waals surface area contributed by atoms with Crippen molar-refractivity contribution in [2.75, 3.05) is 0 Å². The molecule has 0 aromatic carbocycles. The fourth-order valence-corrected chi connectivity index (χ4v) is 2.76. The molecule has 0 radical (unpaired) electrons. The first-order valence-corrected chi connectivity index (χ1v) is 8.41. The van der Waals surface area contributed by atoms with Gasteiger partial charge in [0, 0.05) is 12.1 Å². The summed E-state index contributed by atoms with van der Waals surface area (Å²) in [5, 5.41) is 9.00. The Hall–Kier alpha value is -0.540. The number of rotatable bonds is 4. The predicted octanol–water partition coefficient (Wildman–Crippen LogP) is 3.38. The van der Waals surface area contributed by atoms with Gasteiger partial charge in [0.2, 0.25) is 0 Å². The molecule has 0 saturated carbocycles. The highest BCUT2D eigenvalue weighted by atomic mass is 16.7. The van der Waals surface area contributed by atoms with Crippen molar-refractivity contribution in [3.8, 4) is 6.07 Å². The van der Waals surface area contributed by atoms with Crippen LogP contribution in [-0.2, 0) is 18.6 Å². The van der Waals surface area contributed by atoms with E-state index in [9.17, 15) is 0 Å². The van der Waals surface area contributed by atoms with Gasteiger partial charge >= 0.3 is 14.2 Å². The van der Waals surface area contributed by atoms with Crippen molar-refractivity contribution < 1.29 is 18.6 Å². The Bertz CT molecular complexity index is 431. The maximum atomic E-state index is 9.00. The Morgan fingerprint density at radius 2 is 1.04 bits per heavy atom. The zero-order chi connectivity index (χ0) is 17.7. The summed E-state index contributed by atoms with van der Waals surface area (Å²) < 4.78 is 24.7. The molecule has 0 aromatic heterocycles. The molecule has 128 valence electrons. The van der Waals surface area contributed by atoms with Gasteiger partial charge in [-0.1, -0.05) is 0 Å². The smallest absolute Gasteiger partial charge is 0.403 e. The first-order chi connectivity index (χ1) is 10.3. The van der Waals surface area contributed by atoms with E-state index in [0.717, 1.165) is 0 Å². The number of nitrogens with zero attached hydrogens (tertiary/aromatic N) is 1. The quantitative estimate of drug-likeness (QED) is 0.743. The molecule has 0 atom stereocenters. The van der Waals surface area contributed by atoms with Crippen molar-refractivity contribution in [2.45, 2.75) is 96.4 Å². The van der Waals surface area contributed by atoms with Crippen LogP contribution in [0.1, 0.15) is 68.2 Å². The second kappa shape index (κ2) is 5.77. The lowest BCUT2D eigenvalue weighted by atomic mass is 9.50. The van der Waals surface area contributed by atoms with Crippen LogP contribution < -0.4 is 0 Å². The fourth-order valence-electron chi connectivity index (χ4n) is 2.76. The second-order valence-electron chi connectivity index (χ2n) is 8.61. The summed E-state index contributed by atoms with van der Waals surface area (Å²) in [5.41, 5.74) is -1.78. The minimum atomic E-state index is -0.442. The van der Waals surface area contributed by atoms with Gasteiger partial charge in [0.25, 0.3) is 0 Å². The molecule has 2 fully saturated rings. The van der Waals surface area contributed by atoms with Crippen molar-refractivity contribution in [1.82, 2.24) is 0 Å². The van der Waals surface area contributed by atoms with E-state index in [1.165, 1.54) is 0 Å². The van der Waals surface area contributed by atoms with Crippen LogP contribution in [0.3, 0.4) is 0 Å². The van der Waals surface area contributed by atoms with E-state index in [1.54, 1.807) is 0 Å². The molecule has 0 spiro atoms. The molecule has 0 aliphatic carbocycles. The Labute approximate surface area is 141 Å². The van der Waals surface area contributed by atoms with Crippen LogP contribution >= 0.6 is 0 Å². The third-order valence-electron chi connectivity index (χ3n) is 5.83. The van der Waals surface area contributed by atoms with Crippen molar-refractivity contribution in [2.24, 2.45) is 0 Å². The molecule has 0 aromatic rings. The van der Waals surface area contributed by atoms with Crippen LogP contribution in [-0.4, -0.2) is 36.6 Å². The molecule has 7 heteroatoms. The summed E-state index contributed by atoms with van der Waals surface area (Å²) in [4.78, 5) is 0. The van der Waals surface area contributed by atoms with Gasteiger partial charge in [-0.25, -0.2) is 0 Å². The van der Waals surface area contributed by atoms with Gasteiger partial charge in [0.15, 0.2) is 0 Å². The molecule has 0 bridgehead atoms. The molecule has 2 saturated heterocycles. The maximum Gasteiger partial charge on any atom is 0.458 e. The van der Waals surface area contributed by atoms with E-state index >= 15 is 0 Å². The third-order valence-corrected chi connectivity index (χ3v) is 5.83. The summed E-state index contributed by atoms with van der Waals surface area (Å²) in [6.07, 6.45) is 1.03. The van der Waals surface area contributed by atoms with Gasteiger partial charge in [-0.05, 0) is 61.8 Å². The predicted molar refractivity (Wildman–Crippen MR) is 90.8 cm³/mol. The lowest BCUT2D eigenvalue weighted by Gasteiger charge is -2.32. The van der Waals surface area contributed by atoms with Gasteiger partial charge < -0.3 is 18.6 Å². The molecule has 0 unspecified atom stereocenters. The molecule has 2 aliphatic rings. The zero-order valence-corrected chi connectivity index (χ0v) is 15.7. The van der Waals surface area contributed by atoms with E-state index < -0.39 is 36.6 Å². The molecular formula is C16H29B2NO4. The maximum absolute atomic E-state index is 9.00. The van der Waals surface area contributed by atoms with E-state index in [2.05, 4.69) is 6.07 Å². The summed E-state index contributed by atoms with van der Waals surface area (Å²) >= 11 is 0. The SMILES string of the molecule is CC1(C)OB(C(CCC#N)B2OC(C)(C)C(C)(C)O2)OC1(C)C. The third kappa shape index (κ3) is 3.32. The molecule has 2 rings (SSSR count). The standard InChI is InChI=1S/C16H29B2NO4/c1-13(2)14(3,4)21-17(20-13)12(10-9-11-19)18-22-15(5,6)16(7,8)23-18/h12H,9-10H2,1-8H3. The van der Waals surface area contributed by atoms with Gasteiger partial charge in [-0.3, -0.25) is 0 Å². The van der Waals surface area contributed by atoms with Crippen LogP contribution in [0, 0.1) is 11.3 Å². The molecule has 23 heavy (non-hydrogen) atoms. The highest BCUT2D eigenvalue weighted by Gasteiger charge is 2.61. The normalized spacial score (nSPS) is 27.5. The number of nitriles is 1. The van der Waals surface area contributed by atoms with Gasteiger partial charge in [0.05, 0.1) is 28.5 Å². The van der Waals surface area contributed by atoms with Crippen LogP contribution in [0.4, 0.5) is 0 Å². The average Bonchev–Trinajstić information content (AvgIpc) is 2.69. The zero-order valence-electron chi connectivity index (χ0n) is 15.7. The summed E-state index contributed by atoms with van der Waals surface area (Å²) in [6, 6.07) is 2.21. The molecule has 0 N–H and O–H groups in total. The highest BCUT2D eigenvalue weighted by molar-refractivity contribution is 6.68. The first-order valence-electron chi connectivity index (χ1n) is 8.41. The molecule has 2 heterocycles. The van der Waals surface area contributed by atoms with E-state index in [4.69, 9.17) is 23.9 Å². The first kappa shape index (κ1) is 18.8. The van der Waals surface area contributed by atoms with Crippen LogP contribution in [0.15, 0.2) is 0 Å². The monoisotopic (exact) mass is 321 g/mol. The van der Waals surface area contributed by atoms with Crippen LogP contribution in [0.25, 0.3) is 0 Å². The lowest BCUT2D eigenvalue weighted by molar-refractivity contribution is 0.00578. The summed E-state index contributed by atoms with van der Waals surface area (Å²) in [7, 11) is -0.883. The molecule has 5 nitrogen and oxygen atoms in total. The van der Waals surface area contributed by atoms with Crippen molar-refractivity contribution in [3.05, 3.63) is 0 Å². The number of hydrogen-bond donors (Lipinski definition) is 0. The minimum Gasteiger partial charge on any atom is -0.403 e. The lowest BCUT2D eigenvalue weighted by Crippen LogP contribution is -2.41. The topological polar surface area (TPSA) is 60.7 Å². The van der Waals surface area contributed by atoms with E-state index in [0.29, 0.717) is 12.8 Å². The average molecular weight is 321 g/mol. The van der Waals surface area contributed by atoms with Crippen LogP contribution in [0.5, 0.6) is 0 Å². The largest absolute Gasteiger partial charge is 0.458 e. The van der Waals surface area contributed by atoms with Gasteiger partial charge in [-0.15, -0.1) is 0 Å². The Balaban J connectivity index is 2.22. The van der Waals surface area contributed by atoms with Crippen molar-refractivity contribution in [1.29, 1.82) is 5.26 Å². The van der Waals surface area contributed by atoms with Gasteiger partial charge in [-0.2, -0.15) is 5.26 Å². The highest BCUT2D eigenvalue weighted by Crippen LogP contribution is 2.46. The molecule has 2 aliphatic heterocycles. The van der Waals surface area contributed by atoms with Crippen molar-refractivity contribution in [3.63, 3.8) is 0 Å².